The van der Waals surface area contributed by atoms with Crippen molar-refractivity contribution >= 4 is 40.5 Å². The number of imidazole rings is 1. The first-order chi connectivity index (χ1) is 14.9. The summed E-state index contributed by atoms with van der Waals surface area (Å²) in [6.07, 6.45) is 0.885. The molecule has 0 radical (unpaired) electrons. The van der Waals surface area contributed by atoms with Crippen molar-refractivity contribution in [2.75, 3.05) is 30.8 Å². The Hall–Kier alpha value is -2.54. The molecule has 0 atom stereocenters. The molecule has 0 saturated heterocycles. The summed E-state index contributed by atoms with van der Waals surface area (Å²) in [5, 5.41) is 7.01. The van der Waals surface area contributed by atoms with Crippen LogP contribution in [0.5, 0.6) is 0 Å². The average Bonchev–Trinajstić information content (AvgIpc) is 3.11. The molecule has 6 nitrogen and oxygen atoms in total. The van der Waals surface area contributed by atoms with Crippen LogP contribution >= 0.6 is 23.2 Å². The van der Waals surface area contributed by atoms with Crippen LogP contribution < -0.4 is 10.6 Å². The summed E-state index contributed by atoms with van der Waals surface area (Å²) in [6.45, 7) is 4.85. The minimum Gasteiger partial charge on any atom is -0.387 e. The van der Waals surface area contributed by atoms with Crippen molar-refractivity contribution in [1.82, 2.24) is 14.5 Å². The summed E-state index contributed by atoms with van der Waals surface area (Å²) >= 11 is 13.2. The van der Waals surface area contributed by atoms with Crippen LogP contribution in [0.4, 0.5) is 11.4 Å². The van der Waals surface area contributed by atoms with Crippen molar-refractivity contribution in [2.24, 2.45) is 7.05 Å². The number of carbonyl (C=O) groups is 1. The lowest BCUT2D eigenvalue weighted by molar-refractivity contribution is 0.101. The van der Waals surface area contributed by atoms with Gasteiger partial charge in [0.05, 0.1) is 27.1 Å². The number of carbonyl (C=O) groups excluding carboxylic acids is 1. The van der Waals surface area contributed by atoms with Gasteiger partial charge in [0.2, 0.25) is 0 Å². The summed E-state index contributed by atoms with van der Waals surface area (Å²) in [5.41, 5.74) is 4.96. The third kappa shape index (κ3) is 4.03. The van der Waals surface area contributed by atoms with E-state index in [0.29, 0.717) is 21.6 Å². The van der Waals surface area contributed by atoms with Gasteiger partial charge in [0, 0.05) is 50.4 Å². The number of amides is 1. The van der Waals surface area contributed by atoms with Gasteiger partial charge in [0.25, 0.3) is 5.91 Å². The molecule has 0 fully saturated rings. The van der Waals surface area contributed by atoms with E-state index in [4.69, 9.17) is 23.2 Å². The summed E-state index contributed by atoms with van der Waals surface area (Å²) in [5.74, 6) is 0.105. The van der Waals surface area contributed by atoms with Gasteiger partial charge in [-0.3, -0.25) is 9.69 Å². The van der Waals surface area contributed by atoms with Crippen LogP contribution in [0.25, 0.3) is 11.1 Å². The molecule has 1 amide bonds. The lowest BCUT2D eigenvalue weighted by atomic mass is 10.0. The third-order valence-electron chi connectivity index (χ3n) is 5.79. The number of likely N-dealkylation sites (N-methyl/N-ethyl adjacent to an activating group) is 1. The number of nitrogens with one attached hydrogen (secondary N) is 2. The first kappa shape index (κ1) is 21.7. The van der Waals surface area contributed by atoms with E-state index in [0.717, 1.165) is 54.3 Å². The molecular formula is C23H25Cl2N5O. The van der Waals surface area contributed by atoms with Crippen LogP contribution in [-0.4, -0.2) is 40.5 Å². The van der Waals surface area contributed by atoms with Crippen LogP contribution in [0, 0.1) is 0 Å². The maximum absolute atomic E-state index is 13.1. The highest BCUT2D eigenvalue weighted by Crippen LogP contribution is 2.40. The van der Waals surface area contributed by atoms with Crippen molar-refractivity contribution in [3.8, 4) is 11.1 Å². The fourth-order valence-electron chi connectivity index (χ4n) is 4.00. The minimum atomic E-state index is -0.283. The number of hydrogen-bond donors (Lipinski definition) is 2. The molecule has 2 N–H and O–H groups in total. The largest absolute Gasteiger partial charge is 0.387 e. The Kier molecular flexibility index (Phi) is 6.23. The Labute approximate surface area is 192 Å². The molecule has 2 aromatic carbocycles. The topological polar surface area (TPSA) is 62.2 Å². The number of anilines is 2. The molecule has 0 unspecified atom stereocenters. The van der Waals surface area contributed by atoms with Gasteiger partial charge < -0.3 is 15.2 Å². The standard InChI is InChI=1S/C23H25Cl2N5O/c1-4-30-12-11-19-18(13-30)27-22(29(19)3)23(31)28-17-10-6-8-15(21(17)25)14-7-5-9-16(26-2)20(14)24/h5-10,26H,4,11-13H2,1-3H3,(H,28,31). The molecule has 0 aliphatic carbocycles. The van der Waals surface area contributed by atoms with E-state index in [2.05, 4.69) is 27.4 Å². The molecule has 0 spiro atoms. The van der Waals surface area contributed by atoms with Crippen molar-refractivity contribution < 1.29 is 4.79 Å². The minimum absolute atomic E-state index is 0.283. The maximum Gasteiger partial charge on any atom is 0.291 e. The van der Waals surface area contributed by atoms with E-state index in [-0.39, 0.29) is 5.91 Å². The molecule has 31 heavy (non-hydrogen) atoms. The second-order valence-electron chi connectivity index (χ2n) is 7.54. The summed E-state index contributed by atoms with van der Waals surface area (Å²) in [7, 11) is 3.71. The highest BCUT2D eigenvalue weighted by Gasteiger charge is 2.25. The zero-order valence-electron chi connectivity index (χ0n) is 17.8. The smallest absolute Gasteiger partial charge is 0.291 e. The highest BCUT2D eigenvalue weighted by molar-refractivity contribution is 6.39. The van der Waals surface area contributed by atoms with Crippen LogP contribution in [0.2, 0.25) is 10.0 Å². The predicted octanol–water partition coefficient (Wildman–Crippen LogP) is 5.07. The first-order valence-electron chi connectivity index (χ1n) is 10.3. The van der Waals surface area contributed by atoms with Crippen LogP contribution in [0.3, 0.4) is 0 Å². The van der Waals surface area contributed by atoms with Crippen molar-refractivity contribution in [1.29, 1.82) is 0 Å². The Bertz CT molecular complexity index is 1140. The van der Waals surface area contributed by atoms with Gasteiger partial charge in [-0.25, -0.2) is 4.98 Å². The molecule has 1 aliphatic rings. The Morgan fingerprint density at radius 1 is 1.10 bits per heavy atom. The fourth-order valence-corrected chi connectivity index (χ4v) is 4.60. The number of nitrogens with zero attached hydrogens (tertiary/aromatic N) is 3. The number of rotatable bonds is 5. The first-order valence-corrected chi connectivity index (χ1v) is 11.0. The SMILES string of the molecule is CCN1CCc2c(nc(C(=O)Nc3cccc(-c4cccc(NC)c4Cl)c3Cl)n2C)C1. The summed E-state index contributed by atoms with van der Waals surface area (Å²) in [4.78, 5) is 20.0. The second kappa shape index (κ2) is 8.91. The molecule has 1 aromatic heterocycles. The Morgan fingerprint density at radius 3 is 2.39 bits per heavy atom. The van der Waals surface area contributed by atoms with E-state index < -0.39 is 0 Å². The van der Waals surface area contributed by atoms with Crippen molar-refractivity contribution in [2.45, 2.75) is 19.9 Å². The van der Waals surface area contributed by atoms with Crippen LogP contribution in [-0.2, 0) is 20.0 Å². The van der Waals surface area contributed by atoms with Crippen molar-refractivity contribution in [3.63, 3.8) is 0 Å². The molecular weight excluding hydrogens is 433 g/mol. The van der Waals surface area contributed by atoms with Crippen LogP contribution in [0.15, 0.2) is 36.4 Å². The van der Waals surface area contributed by atoms with Gasteiger partial charge in [-0.1, -0.05) is 54.4 Å². The molecule has 162 valence electrons. The number of fused-ring (bicyclic) bond motifs is 1. The van der Waals surface area contributed by atoms with E-state index in [1.165, 1.54) is 0 Å². The number of halogens is 2. The number of hydrogen-bond acceptors (Lipinski definition) is 4. The summed E-state index contributed by atoms with van der Waals surface area (Å²) in [6, 6.07) is 11.2. The van der Waals surface area contributed by atoms with E-state index in [1.54, 1.807) is 6.07 Å². The summed E-state index contributed by atoms with van der Waals surface area (Å²) < 4.78 is 1.89. The molecule has 8 heteroatoms. The van der Waals surface area contributed by atoms with Gasteiger partial charge in [-0.2, -0.15) is 0 Å². The average molecular weight is 458 g/mol. The molecule has 4 rings (SSSR count). The van der Waals surface area contributed by atoms with Gasteiger partial charge >= 0.3 is 0 Å². The molecule has 1 aliphatic heterocycles. The lowest BCUT2D eigenvalue weighted by Crippen LogP contribution is -2.30. The van der Waals surface area contributed by atoms with E-state index in [1.807, 2.05) is 49.0 Å². The van der Waals surface area contributed by atoms with E-state index in [9.17, 15) is 4.79 Å². The maximum atomic E-state index is 13.1. The van der Waals surface area contributed by atoms with Gasteiger partial charge in [0.15, 0.2) is 5.82 Å². The lowest BCUT2D eigenvalue weighted by Gasteiger charge is -2.24. The normalized spacial score (nSPS) is 13.7. The number of aromatic nitrogens is 2. The number of benzene rings is 2. The van der Waals surface area contributed by atoms with Gasteiger partial charge in [-0.15, -0.1) is 0 Å². The van der Waals surface area contributed by atoms with Crippen LogP contribution in [0.1, 0.15) is 28.9 Å². The monoisotopic (exact) mass is 457 g/mol. The quantitative estimate of drug-likeness (QED) is 0.561. The third-order valence-corrected chi connectivity index (χ3v) is 6.60. The molecule has 0 saturated carbocycles. The van der Waals surface area contributed by atoms with E-state index >= 15 is 0 Å². The van der Waals surface area contributed by atoms with Crippen molar-refractivity contribution in [3.05, 3.63) is 63.7 Å². The Morgan fingerprint density at radius 2 is 1.74 bits per heavy atom. The molecule has 0 bridgehead atoms. The highest BCUT2D eigenvalue weighted by atomic mass is 35.5. The second-order valence-corrected chi connectivity index (χ2v) is 8.30. The molecule has 2 heterocycles. The Balaban J connectivity index is 1.64. The van der Waals surface area contributed by atoms with Gasteiger partial charge in [0.1, 0.15) is 0 Å². The fraction of sp³-hybridized carbons (Fsp3) is 0.304. The van der Waals surface area contributed by atoms with Gasteiger partial charge in [-0.05, 0) is 18.7 Å². The molecule has 3 aromatic rings. The zero-order chi connectivity index (χ0) is 22.1. The zero-order valence-corrected chi connectivity index (χ0v) is 19.3. The predicted molar refractivity (Wildman–Crippen MR) is 127 cm³/mol.